The molecule has 1 heterocycles. The smallest absolute Gasteiger partial charge is 0.308 e. The zero-order valence-electron chi connectivity index (χ0n) is 16.5. The number of ketones is 1. The van der Waals surface area contributed by atoms with Gasteiger partial charge in [-0.2, -0.15) is 4.73 Å². The molecule has 0 radical (unpaired) electrons. The van der Waals surface area contributed by atoms with Gasteiger partial charge in [0.2, 0.25) is 5.52 Å². The quantitative estimate of drug-likeness (QED) is 0.264. The molecule has 3 aromatic rings. The Morgan fingerprint density at radius 1 is 1.14 bits per heavy atom. The number of esters is 1. The summed E-state index contributed by atoms with van der Waals surface area (Å²) in [6.07, 6.45) is 0. The molecule has 0 spiro atoms. The molecule has 29 heavy (non-hydrogen) atoms. The molecular weight excluding hydrogens is 372 g/mol. The van der Waals surface area contributed by atoms with Crippen molar-refractivity contribution in [1.29, 1.82) is 0 Å². The Morgan fingerprint density at radius 2 is 1.86 bits per heavy atom. The Morgan fingerprint density at radius 3 is 2.52 bits per heavy atom. The highest BCUT2D eigenvalue weighted by Gasteiger charge is 2.28. The summed E-state index contributed by atoms with van der Waals surface area (Å²) in [5.41, 5.74) is 0.863. The third kappa shape index (κ3) is 4.34. The molecule has 1 aromatic heterocycles. The highest BCUT2D eigenvalue weighted by Crippen LogP contribution is 2.21. The van der Waals surface area contributed by atoms with Gasteiger partial charge in [0.15, 0.2) is 5.69 Å². The molecule has 0 saturated heterocycles. The average molecular weight is 394 g/mol. The van der Waals surface area contributed by atoms with E-state index in [1.54, 1.807) is 62.4 Å². The normalized spacial score (nSPS) is 10.9. The van der Waals surface area contributed by atoms with Crippen molar-refractivity contribution in [2.75, 3.05) is 6.61 Å². The van der Waals surface area contributed by atoms with Crippen LogP contribution in [0.25, 0.3) is 11.0 Å². The minimum atomic E-state index is -0.493. The number of nitrogens with zero attached hydrogens (tertiary/aromatic N) is 2. The maximum absolute atomic E-state index is 13.2. The molecule has 0 N–H and O–H groups in total. The summed E-state index contributed by atoms with van der Waals surface area (Å²) < 4.78 is 11.2. The Bertz CT molecular complexity index is 1050. The molecular formula is C22H22N2O5. The lowest BCUT2D eigenvalue weighted by atomic mass is 10.1. The second kappa shape index (κ2) is 8.68. The number of hydrogen-bond acceptors (Lipinski definition) is 6. The fourth-order valence-electron chi connectivity index (χ4n) is 2.81. The number of hydrogen-bond donors (Lipinski definition) is 0. The first kappa shape index (κ1) is 20.3. The predicted octanol–water partition coefficient (Wildman–Crippen LogP) is 3.20. The third-order valence-corrected chi connectivity index (χ3v) is 4.28. The largest absolute Gasteiger partial charge is 0.618 e. The van der Waals surface area contributed by atoms with E-state index in [0.717, 1.165) is 0 Å². The monoisotopic (exact) mass is 394 g/mol. The Kier molecular flexibility index (Phi) is 6.07. The zero-order valence-corrected chi connectivity index (χ0v) is 16.5. The van der Waals surface area contributed by atoms with Gasteiger partial charge < -0.3 is 14.7 Å². The van der Waals surface area contributed by atoms with Gasteiger partial charge >= 0.3 is 5.97 Å². The van der Waals surface area contributed by atoms with E-state index < -0.39 is 11.8 Å². The van der Waals surface area contributed by atoms with Crippen molar-refractivity contribution in [3.63, 3.8) is 0 Å². The highest BCUT2D eigenvalue weighted by atomic mass is 16.5. The number of aromatic nitrogens is 2. The molecule has 2 aromatic carbocycles. The van der Waals surface area contributed by atoms with Crippen LogP contribution in [0, 0.1) is 11.1 Å². The van der Waals surface area contributed by atoms with E-state index in [-0.39, 0.29) is 29.4 Å². The maximum atomic E-state index is 13.2. The summed E-state index contributed by atoms with van der Waals surface area (Å²) in [7, 11) is 0. The Hall–Kier alpha value is -3.48. The van der Waals surface area contributed by atoms with Crippen molar-refractivity contribution >= 4 is 22.8 Å². The van der Waals surface area contributed by atoms with Crippen molar-refractivity contribution in [3.8, 4) is 5.75 Å². The molecule has 0 aliphatic rings. The molecule has 0 saturated carbocycles. The van der Waals surface area contributed by atoms with Gasteiger partial charge in [-0.1, -0.05) is 44.2 Å². The number of benzene rings is 2. The third-order valence-electron chi connectivity index (χ3n) is 4.28. The lowest BCUT2D eigenvalue weighted by Crippen LogP contribution is -2.38. The highest BCUT2D eigenvalue weighted by molar-refractivity contribution is 6.07. The average Bonchev–Trinajstić information content (AvgIpc) is 2.72. The molecule has 7 nitrogen and oxygen atoms in total. The second-order valence-electron chi connectivity index (χ2n) is 6.74. The lowest BCUT2D eigenvalue weighted by Gasteiger charge is -2.13. The minimum absolute atomic E-state index is 0.111. The first-order chi connectivity index (χ1) is 13.9. The van der Waals surface area contributed by atoms with E-state index in [2.05, 4.69) is 4.98 Å². The standard InChI is InChI=1S/C22H22N2O5/c1-4-28-16-10-11-17-19(12-16)24(27)20(21(25)15-8-6-5-7-9-15)18(23-17)13-29-22(26)14(2)3/h5-12,14H,4,13H2,1-3H3. The van der Waals surface area contributed by atoms with Gasteiger partial charge in [-0.05, 0) is 19.1 Å². The molecule has 0 amide bonds. The predicted molar refractivity (Wildman–Crippen MR) is 106 cm³/mol. The molecule has 0 atom stereocenters. The van der Waals surface area contributed by atoms with Crippen LogP contribution < -0.4 is 9.47 Å². The van der Waals surface area contributed by atoms with Crippen LogP contribution in [0.15, 0.2) is 48.5 Å². The summed E-state index contributed by atoms with van der Waals surface area (Å²) in [6.45, 7) is 5.42. The van der Waals surface area contributed by atoms with Crippen molar-refractivity contribution in [1.82, 2.24) is 4.98 Å². The van der Waals surface area contributed by atoms with Gasteiger partial charge in [-0.3, -0.25) is 9.59 Å². The van der Waals surface area contributed by atoms with Crippen molar-refractivity contribution in [2.45, 2.75) is 27.4 Å². The van der Waals surface area contributed by atoms with Crippen LogP contribution in [0.4, 0.5) is 0 Å². The van der Waals surface area contributed by atoms with Gasteiger partial charge in [-0.15, -0.1) is 0 Å². The zero-order chi connectivity index (χ0) is 21.0. The van der Waals surface area contributed by atoms with E-state index in [1.807, 2.05) is 6.92 Å². The topological polar surface area (TPSA) is 92.4 Å². The summed E-state index contributed by atoms with van der Waals surface area (Å²) in [6, 6.07) is 13.3. The molecule has 0 aliphatic carbocycles. The first-order valence-corrected chi connectivity index (χ1v) is 9.37. The SMILES string of the molecule is CCOc1ccc2nc(COC(=O)C(C)C)c(C(=O)c3ccccc3)[n+]([O-])c2c1. The number of carbonyl (C=O) groups is 2. The van der Waals surface area contributed by atoms with Crippen molar-refractivity contribution in [2.24, 2.45) is 5.92 Å². The molecule has 0 unspecified atom stereocenters. The fourth-order valence-corrected chi connectivity index (χ4v) is 2.81. The van der Waals surface area contributed by atoms with E-state index in [4.69, 9.17) is 9.47 Å². The van der Waals surface area contributed by atoms with Gasteiger partial charge in [0, 0.05) is 5.56 Å². The van der Waals surface area contributed by atoms with Crippen molar-refractivity contribution < 1.29 is 23.8 Å². The van der Waals surface area contributed by atoms with E-state index in [0.29, 0.717) is 28.2 Å². The Labute approximate surface area is 168 Å². The number of fused-ring (bicyclic) bond motifs is 1. The number of carbonyl (C=O) groups excluding carboxylic acids is 2. The fraction of sp³-hybridized carbons (Fsp3) is 0.273. The van der Waals surface area contributed by atoms with Gasteiger partial charge in [0.25, 0.3) is 11.5 Å². The molecule has 7 heteroatoms. The summed E-state index contributed by atoms with van der Waals surface area (Å²) in [4.78, 5) is 29.4. The van der Waals surface area contributed by atoms with Crippen LogP contribution in [-0.4, -0.2) is 23.3 Å². The number of ether oxygens (including phenoxy) is 2. The van der Waals surface area contributed by atoms with E-state index >= 15 is 0 Å². The summed E-state index contributed by atoms with van der Waals surface area (Å²) >= 11 is 0. The van der Waals surface area contributed by atoms with Gasteiger partial charge in [-0.25, -0.2) is 4.98 Å². The maximum Gasteiger partial charge on any atom is 0.308 e. The van der Waals surface area contributed by atoms with Crippen LogP contribution in [-0.2, 0) is 16.1 Å². The second-order valence-corrected chi connectivity index (χ2v) is 6.74. The van der Waals surface area contributed by atoms with Crippen LogP contribution >= 0.6 is 0 Å². The lowest BCUT2D eigenvalue weighted by molar-refractivity contribution is -0.580. The summed E-state index contributed by atoms with van der Waals surface area (Å²) in [5.74, 6) is -0.762. The van der Waals surface area contributed by atoms with E-state index in [9.17, 15) is 14.8 Å². The van der Waals surface area contributed by atoms with Crippen LogP contribution in [0.1, 0.15) is 42.5 Å². The van der Waals surface area contributed by atoms with Crippen LogP contribution in [0.2, 0.25) is 0 Å². The van der Waals surface area contributed by atoms with Crippen LogP contribution in [0.5, 0.6) is 5.75 Å². The van der Waals surface area contributed by atoms with Crippen LogP contribution in [0.3, 0.4) is 0 Å². The Balaban J connectivity index is 2.14. The molecule has 150 valence electrons. The minimum Gasteiger partial charge on any atom is -0.618 e. The summed E-state index contributed by atoms with van der Waals surface area (Å²) in [5, 5.41) is 13.2. The molecule has 0 aliphatic heterocycles. The first-order valence-electron chi connectivity index (χ1n) is 9.37. The van der Waals surface area contributed by atoms with Gasteiger partial charge in [0.05, 0.1) is 18.6 Å². The molecule has 0 fully saturated rings. The molecule has 3 rings (SSSR count). The van der Waals surface area contributed by atoms with Gasteiger partial charge in [0.1, 0.15) is 17.9 Å². The molecule has 0 bridgehead atoms. The van der Waals surface area contributed by atoms with E-state index in [1.165, 1.54) is 0 Å². The van der Waals surface area contributed by atoms with Crippen molar-refractivity contribution in [3.05, 3.63) is 70.7 Å². The number of rotatable bonds is 7.